The molecule has 28 heavy (non-hydrogen) atoms. The zero-order valence-electron chi connectivity index (χ0n) is 16.0. The molecule has 7 nitrogen and oxygen atoms in total. The Hall–Kier alpha value is -2.51. The fourth-order valence-electron chi connectivity index (χ4n) is 3.93. The molecule has 3 aliphatic rings. The van der Waals surface area contributed by atoms with Gasteiger partial charge in [-0.15, -0.1) is 0 Å². The van der Waals surface area contributed by atoms with Crippen molar-refractivity contribution < 1.29 is 14.9 Å². The van der Waals surface area contributed by atoms with Gasteiger partial charge in [0.05, 0.1) is 30.1 Å². The molecule has 0 amide bonds. The maximum Gasteiger partial charge on any atom is 0.133 e. The van der Waals surface area contributed by atoms with Gasteiger partial charge < -0.3 is 19.8 Å². The lowest BCUT2D eigenvalue weighted by atomic mass is 10.0. The van der Waals surface area contributed by atoms with Gasteiger partial charge in [0.15, 0.2) is 0 Å². The van der Waals surface area contributed by atoms with Crippen LogP contribution in [0.15, 0.2) is 35.6 Å². The fourth-order valence-corrected chi connectivity index (χ4v) is 3.93. The van der Waals surface area contributed by atoms with Crippen molar-refractivity contribution in [3.05, 3.63) is 47.4 Å². The van der Waals surface area contributed by atoms with Gasteiger partial charge >= 0.3 is 0 Å². The van der Waals surface area contributed by atoms with Gasteiger partial charge in [-0.2, -0.15) is 0 Å². The lowest BCUT2D eigenvalue weighted by Crippen LogP contribution is -2.33. The molecule has 1 saturated carbocycles. The van der Waals surface area contributed by atoms with Gasteiger partial charge in [-0.05, 0) is 44.4 Å². The number of nitrogens with zero attached hydrogens (tertiary/aromatic N) is 4. The first kappa shape index (κ1) is 17.6. The van der Waals surface area contributed by atoms with E-state index in [2.05, 4.69) is 29.0 Å². The molecule has 0 radical (unpaired) electrons. The van der Waals surface area contributed by atoms with E-state index in [1.165, 1.54) is 6.33 Å². The first-order valence-corrected chi connectivity index (χ1v) is 9.75. The lowest BCUT2D eigenvalue weighted by molar-refractivity contribution is 0.0438. The van der Waals surface area contributed by atoms with Gasteiger partial charge in [0.25, 0.3) is 0 Å². The first-order valence-electron chi connectivity index (χ1n) is 9.75. The average molecular weight is 380 g/mol. The van der Waals surface area contributed by atoms with Gasteiger partial charge in [-0.25, -0.2) is 9.97 Å². The number of rotatable bonds is 4. The summed E-state index contributed by atoms with van der Waals surface area (Å²) in [7, 11) is 0. The summed E-state index contributed by atoms with van der Waals surface area (Å²) < 4.78 is 6.11. The second-order valence-corrected chi connectivity index (χ2v) is 8.25. The monoisotopic (exact) mass is 380 g/mol. The van der Waals surface area contributed by atoms with Crippen molar-refractivity contribution >= 4 is 11.5 Å². The Labute approximate surface area is 163 Å². The van der Waals surface area contributed by atoms with E-state index in [0.29, 0.717) is 18.9 Å². The number of benzene rings is 1. The smallest absolute Gasteiger partial charge is 0.133 e. The van der Waals surface area contributed by atoms with E-state index in [4.69, 9.17) is 9.73 Å². The first-order chi connectivity index (χ1) is 13.4. The highest BCUT2D eigenvalue weighted by Crippen LogP contribution is 2.40. The van der Waals surface area contributed by atoms with Gasteiger partial charge in [-0.1, -0.05) is 6.07 Å². The Morgan fingerprint density at radius 3 is 2.71 bits per heavy atom. The summed E-state index contributed by atoms with van der Waals surface area (Å²) in [6, 6.07) is 7.81. The molecule has 7 heteroatoms. The van der Waals surface area contributed by atoms with E-state index in [1.54, 1.807) is 0 Å². The van der Waals surface area contributed by atoms with Crippen LogP contribution in [0.4, 0.5) is 5.82 Å². The molecular formula is C21H24N4O3. The number of anilines is 1. The van der Waals surface area contributed by atoms with Crippen molar-refractivity contribution in [3.8, 4) is 5.75 Å². The molecule has 2 aromatic rings. The van der Waals surface area contributed by atoms with E-state index < -0.39 is 12.2 Å². The molecule has 0 bridgehead atoms. The SMILES string of the molecule is C[C@H]1[C@H](O)[C@@H](O)CN1c1cc(C2=NCc3ccc(OC4(C)CC4)cc32)ncn1. The third-order valence-electron chi connectivity index (χ3n) is 6.02. The number of fused-ring (bicyclic) bond motifs is 1. The van der Waals surface area contributed by atoms with Gasteiger partial charge in [0.2, 0.25) is 0 Å². The average Bonchev–Trinajstić information content (AvgIpc) is 3.17. The van der Waals surface area contributed by atoms with E-state index in [1.807, 2.05) is 24.0 Å². The van der Waals surface area contributed by atoms with Crippen LogP contribution in [0.5, 0.6) is 5.75 Å². The van der Waals surface area contributed by atoms with Crippen LogP contribution in [0.2, 0.25) is 0 Å². The Kier molecular flexibility index (Phi) is 3.93. The highest BCUT2D eigenvalue weighted by molar-refractivity contribution is 6.14. The summed E-state index contributed by atoms with van der Waals surface area (Å²) in [4.78, 5) is 15.4. The van der Waals surface area contributed by atoms with Crippen molar-refractivity contribution in [2.24, 2.45) is 4.99 Å². The molecule has 3 atom stereocenters. The summed E-state index contributed by atoms with van der Waals surface area (Å²) in [5, 5.41) is 20.0. The normalized spacial score (nSPS) is 27.5. The molecular weight excluding hydrogens is 356 g/mol. The fraction of sp³-hybridized carbons (Fsp3) is 0.476. The van der Waals surface area contributed by atoms with Crippen LogP contribution in [-0.2, 0) is 6.54 Å². The lowest BCUT2D eigenvalue weighted by Gasteiger charge is -2.23. The number of hydrogen-bond donors (Lipinski definition) is 2. The van der Waals surface area contributed by atoms with E-state index in [0.717, 1.165) is 41.1 Å². The summed E-state index contributed by atoms with van der Waals surface area (Å²) >= 11 is 0. The second kappa shape index (κ2) is 6.25. The van der Waals surface area contributed by atoms with E-state index >= 15 is 0 Å². The molecule has 1 aromatic carbocycles. The van der Waals surface area contributed by atoms with E-state index in [-0.39, 0.29) is 11.6 Å². The molecule has 1 aliphatic carbocycles. The molecule has 0 unspecified atom stereocenters. The minimum absolute atomic E-state index is 0.0280. The molecule has 0 spiro atoms. The number of aliphatic hydroxyl groups is 2. The van der Waals surface area contributed by atoms with Crippen LogP contribution in [0.1, 0.15) is 43.5 Å². The van der Waals surface area contributed by atoms with Crippen molar-refractivity contribution in [1.29, 1.82) is 0 Å². The van der Waals surface area contributed by atoms with Crippen LogP contribution >= 0.6 is 0 Å². The number of hydrogen-bond acceptors (Lipinski definition) is 7. The van der Waals surface area contributed by atoms with Crippen LogP contribution in [0.25, 0.3) is 0 Å². The number of aliphatic hydroxyl groups excluding tert-OH is 2. The molecule has 2 aliphatic heterocycles. The number of β-amino-alcohol motifs (C(OH)–C–C–N with tert-alkyl or cyclic N) is 1. The summed E-state index contributed by atoms with van der Waals surface area (Å²) in [6.45, 7) is 4.98. The maximum absolute atomic E-state index is 10.1. The van der Waals surface area contributed by atoms with Gasteiger partial charge in [-0.3, -0.25) is 4.99 Å². The Morgan fingerprint density at radius 1 is 1.18 bits per heavy atom. The van der Waals surface area contributed by atoms with Crippen molar-refractivity contribution in [3.63, 3.8) is 0 Å². The Bertz CT molecular complexity index is 956. The molecule has 2 fully saturated rings. The molecule has 5 rings (SSSR count). The van der Waals surface area contributed by atoms with Crippen LogP contribution in [-0.4, -0.2) is 56.3 Å². The van der Waals surface area contributed by atoms with E-state index in [9.17, 15) is 10.2 Å². The predicted molar refractivity (Wildman–Crippen MR) is 105 cm³/mol. The van der Waals surface area contributed by atoms with Crippen molar-refractivity contribution in [2.45, 2.75) is 57.1 Å². The Morgan fingerprint density at radius 2 is 2.00 bits per heavy atom. The summed E-state index contributed by atoms with van der Waals surface area (Å²) in [5.74, 6) is 1.55. The van der Waals surface area contributed by atoms with Gasteiger partial charge in [0, 0.05) is 18.2 Å². The zero-order chi connectivity index (χ0) is 19.5. The highest BCUT2D eigenvalue weighted by Gasteiger charge is 2.40. The van der Waals surface area contributed by atoms with Crippen molar-refractivity contribution in [1.82, 2.24) is 9.97 Å². The van der Waals surface area contributed by atoms with Crippen LogP contribution in [0.3, 0.4) is 0 Å². The maximum atomic E-state index is 10.1. The predicted octanol–water partition coefficient (Wildman–Crippen LogP) is 1.69. The highest BCUT2D eigenvalue weighted by atomic mass is 16.5. The minimum atomic E-state index is -0.786. The van der Waals surface area contributed by atoms with Gasteiger partial charge in [0.1, 0.15) is 29.6 Å². The van der Waals surface area contributed by atoms with Crippen LogP contribution < -0.4 is 9.64 Å². The summed E-state index contributed by atoms with van der Waals surface area (Å²) in [6.07, 6.45) is 2.13. The second-order valence-electron chi connectivity index (χ2n) is 8.25. The summed E-state index contributed by atoms with van der Waals surface area (Å²) in [5.41, 5.74) is 3.74. The molecule has 146 valence electrons. The molecule has 3 heterocycles. The number of aromatic nitrogens is 2. The molecule has 1 saturated heterocycles. The largest absolute Gasteiger partial charge is 0.488 e. The van der Waals surface area contributed by atoms with Crippen molar-refractivity contribution in [2.75, 3.05) is 11.4 Å². The minimum Gasteiger partial charge on any atom is -0.488 e. The Balaban J connectivity index is 1.45. The number of aliphatic imine (C=N–C) groups is 1. The quantitative estimate of drug-likeness (QED) is 0.839. The topological polar surface area (TPSA) is 91.1 Å². The van der Waals surface area contributed by atoms with Crippen LogP contribution in [0, 0.1) is 0 Å². The standard InChI is InChI=1S/C21H24N4O3/c1-12-20(27)17(26)10-25(12)18-8-16(23-11-24-18)19-15-7-14(28-21(2)5-6-21)4-3-13(15)9-22-19/h3-4,7-8,11-12,17,20,26-27H,5-6,9-10H2,1-2H3/t12-,17-,20-/m0/s1. The third-order valence-corrected chi connectivity index (χ3v) is 6.02. The third kappa shape index (κ3) is 2.95. The zero-order valence-corrected chi connectivity index (χ0v) is 16.0. The molecule has 2 N–H and O–H groups in total. The molecule has 1 aromatic heterocycles. The number of ether oxygens (including phenoxy) is 1.